The third-order valence-corrected chi connectivity index (χ3v) is 6.67. The van der Waals surface area contributed by atoms with Crippen molar-refractivity contribution in [3.8, 4) is 17.2 Å². The fourth-order valence-corrected chi connectivity index (χ4v) is 4.91. The first-order valence-corrected chi connectivity index (χ1v) is 11.9. The quantitative estimate of drug-likeness (QED) is 0.445. The molecule has 0 fully saturated rings. The topological polar surface area (TPSA) is 85.9 Å². The molecular weight excluding hydrogens is 456 g/mol. The van der Waals surface area contributed by atoms with Gasteiger partial charge in [-0.15, -0.1) is 0 Å². The number of fused-ring (bicyclic) bond motifs is 1. The Morgan fingerprint density at radius 1 is 0.833 bits per heavy atom. The maximum atomic E-state index is 13.2. The standard InChI is InChI=1S/C29H28N2O5/c1-34-24-15-19(16-25(35-2)29(24)36-3)27-26-21(10-7-11-23(26)32)30-22-14-18(12-13-20(22)31-27)28(33)17-8-5-4-6-9-17/h4-6,8-9,12-16,27,30-31H,7,10-11H2,1-3H3. The van der Waals surface area contributed by atoms with Gasteiger partial charge in [-0.05, 0) is 48.7 Å². The number of hydrogen-bond donors (Lipinski definition) is 2. The lowest BCUT2D eigenvalue weighted by molar-refractivity contribution is -0.116. The highest BCUT2D eigenvalue weighted by atomic mass is 16.5. The lowest BCUT2D eigenvalue weighted by Gasteiger charge is -2.26. The van der Waals surface area contributed by atoms with E-state index in [-0.39, 0.29) is 11.6 Å². The van der Waals surface area contributed by atoms with E-state index >= 15 is 0 Å². The number of methoxy groups -OCH3 is 3. The van der Waals surface area contributed by atoms with Gasteiger partial charge in [-0.2, -0.15) is 0 Å². The lowest BCUT2D eigenvalue weighted by Crippen LogP contribution is -2.23. The van der Waals surface area contributed by atoms with Crippen LogP contribution in [0, 0.1) is 0 Å². The molecule has 2 aliphatic rings. The van der Waals surface area contributed by atoms with Crippen molar-refractivity contribution >= 4 is 22.9 Å². The molecule has 0 amide bonds. The zero-order chi connectivity index (χ0) is 25.2. The maximum Gasteiger partial charge on any atom is 0.203 e. The van der Waals surface area contributed by atoms with Crippen molar-refractivity contribution in [2.24, 2.45) is 0 Å². The van der Waals surface area contributed by atoms with Crippen LogP contribution in [0.1, 0.15) is 46.8 Å². The van der Waals surface area contributed by atoms with E-state index in [9.17, 15) is 9.59 Å². The van der Waals surface area contributed by atoms with Crippen LogP contribution in [0.25, 0.3) is 0 Å². The average molecular weight is 485 g/mol. The predicted octanol–water partition coefficient (Wildman–Crippen LogP) is 5.53. The summed E-state index contributed by atoms with van der Waals surface area (Å²) in [6, 6.07) is 18.0. The Morgan fingerprint density at radius 3 is 2.22 bits per heavy atom. The number of rotatable bonds is 6. The normalized spacial score (nSPS) is 16.6. The third kappa shape index (κ3) is 4.17. The summed E-state index contributed by atoms with van der Waals surface area (Å²) in [7, 11) is 4.70. The number of benzene rings is 3. The fraction of sp³-hybridized carbons (Fsp3) is 0.241. The van der Waals surface area contributed by atoms with Gasteiger partial charge in [0.1, 0.15) is 0 Å². The molecule has 1 unspecified atom stereocenters. The molecule has 1 aliphatic carbocycles. The fourth-order valence-electron chi connectivity index (χ4n) is 4.91. The molecule has 0 spiro atoms. The van der Waals surface area contributed by atoms with Gasteiger partial charge in [0.25, 0.3) is 0 Å². The van der Waals surface area contributed by atoms with E-state index in [1.807, 2.05) is 42.5 Å². The van der Waals surface area contributed by atoms with Gasteiger partial charge >= 0.3 is 0 Å². The molecule has 0 radical (unpaired) electrons. The van der Waals surface area contributed by atoms with E-state index in [1.54, 1.807) is 39.5 Å². The molecule has 7 nitrogen and oxygen atoms in total. The van der Waals surface area contributed by atoms with Crippen LogP contribution in [0.4, 0.5) is 11.4 Å². The Hall–Kier alpha value is -4.26. The van der Waals surface area contributed by atoms with Crippen LogP contribution in [-0.4, -0.2) is 32.9 Å². The SMILES string of the molecule is COc1cc(C2Nc3ccc(C(=O)c4ccccc4)cc3NC3=C2C(=O)CCC3)cc(OC)c1OC. The maximum absolute atomic E-state index is 13.2. The van der Waals surface area contributed by atoms with Crippen LogP contribution in [0.2, 0.25) is 0 Å². The van der Waals surface area contributed by atoms with Crippen molar-refractivity contribution in [3.63, 3.8) is 0 Å². The minimum atomic E-state index is -0.439. The summed E-state index contributed by atoms with van der Waals surface area (Å²) < 4.78 is 16.6. The van der Waals surface area contributed by atoms with Crippen LogP contribution in [0.15, 0.2) is 71.9 Å². The Morgan fingerprint density at radius 2 is 1.56 bits per heavy atom. The molecule has 1 aliphatic heterocycles. The van der Waals surface area contributed by atoms with E-state index in [2.05, 4.69) is 10.6 Å². The molecule has 3 aromatic rings. The molecule has 0 saturated carbocycles. The van der Waals surface area contributed by atoms with Gasteiger partial charge in [0.2, 0.25) is 5.75 Å². The summed E-state index contributed by atoms with van der Waals surface area (Å²) in [5.74, 6) is 1.55. The first-order valence-electron chi connectivity index (χ1n) is 11.9. The highest BCUT2D eigenvalue weighted by molar-refractivity contribution is 6.10. The van der Waals surface area contributed by atoms with Crippen LogP contribution >= 0.6 is 0 Å². The lowest BCUT2D eigenvalue weighted by atomic mass is 9.86. The molecule has 0 bridgehead atoms. The molecule has 3 aromatic carbocycles. The summed E-state index contributed by atoms with van der Waals surface area (Å²) in [4.78, 5) is 26.3. The van der Waals surface area contributed by atoms with E-state index < -0.39 is 6.04 Å². The monoisotopic (exact) mass is 484 g/mol. The number of ketones is 2. The Kier molecular flexibility index (Phi) is 6.38. The molecule has 5 rings (SSSR count). The summed E-state index contributed by atoms with van der Waals surface area (Å²) in [5, 5.41) is 7.02. The van der Waals surface area contributed by atoms with Gasteiger partial charge in [-0.1, -0.05) is 30.3 Å². The first-order chi connectivity index (χ1) is 17.5. The van der Waals surface area contributed by atoms with Gasteiger partial charge in [-0.3, -0.25) is 9.59 Å². The number of carbonyl (C=O) groups is 2. The average Bonchev–Trinajstić information content (AvgIpc) is 3.09. The van der Waals surface area contributed by atoms with Crippen molar-refractivity contribution in [1.29, 1.82) is 0 Å². The molecule has 1 atom stereocenters. The van der Waals surface area contributed by atoms with Gasteiger partial charge in [0.05, 0.1) is 38.7 Å². The van der Waals surface area contributed by atoms with Crippen molar-refractivity contribution in [2.45, 2.75) is 25.3 Å². The highest BCUT2D eigenvalue weighted by Gasteiger charge is 2.33. The number of nitrogens with one attached hydrogen (secondary N) is 2. The predicted molar refractivity (Wildman–Crippen MR) is 138 cm³/mol. The summed E-state index contributed by atoms with van der Waals surface area (Å²) >= 11 is 0. The zero-order valence-corrected chi connectivity index (χ0v) is 20.5. The van der Waals surface area contributed by atoms with Gasteiger partial charge < -0.3 is 24.8 Å². The highest BCUT2D eigenvalue weighted by Crippen LogP contribution is 2.45. The number of Topliss-reactive ketones (excluding diaryl/α,β-unsaturated/α-hetero) is 1. The van der Waals surface area contributed by atoms with Gasteiger partial charge in [-0.25, -0.2) is 0 Å². The Bertz CT molecular complexity index is 1340. The molecule has 1 heterocycles. The smallest absolute Gasteiger partial charge is 0.203 e. The number of carbonyl (C=O) groups excluding carboxylic acids is 2. The molecule has 0 aromatic heterocycles. The van der Waals surface area contributed by atoms with Crippen LogP contribution < -0.4 is 24.8 Å². The Balaban J connectivity index is 1.61. The number of allylic oxidation sites excluding steroid dienone is 1. The van der Waals surface area contributed by atoms with Gasteiger partial charge in [0.15, 0.2) is 23.1 Å². The summed E-state index contributed by atoms with van der Waals surface area (Å²) in [6.45, 7) is 0. The zero-order valence-electron chi connectivity index (χ0n) is 20.5. The Labute approximate surface area is 210 Å². The van der Waals surface area contributed by atoms with E-state index in [0.717, 1.165) is 35.5 Å². The number of ether oxygens (including phenoxy) is 3. The minimum Gasteiger partial charge on any atom is -0.493 e. The van der Waals surface area contributed by atoms with Crippen LogP contribution in [0.5, 0.6) is 17.2 Å². The molecule has 7 heteroatoms. The number of anilines is 2. The first kappa shape index (κ1) is 23.5. The van der Waals surface area contributed by atoms with E-state index in [4.69, 9.17) is 14.2 Å². The molecular formula is C29H28N2O5. The number of hydrogen-bond acceptors (Lipinski definition) is 7. The van der Waals surface area contributed by atoms with Crippen molar-refractivity contribution < 1.29 is 23.8 Å². The second-order valence-corrected chi connectivity index (χ2v) is 8.79. The van der Waals surface area contributed by atoms with Crippen molar-refractivity contribution in [2.75, 3.05) is 32.0 Å². The largest absolute Gasteiger partial charge is 0.493 e. The van der Waals surface area contributed by atoms with Gasteiger partial charge in [0, 0.05) is 28.8 Å². The van der Waals surface area contributed by atoms with Crippen molar-refractivity contribution in [1.82, 2.24) is 0 Å². The molecule has 36 heavy (non-hydrogen) atoms. The van der Waals surface area contributed by atoms with E-state index in [1.165, 1.54) is 0 Å². The van der Waals surface area contributed by atoms with Crippen LogP contribution in [-0.2, 0) is 4.79 Å². The third-order valence-electron chi connectivity index (χ3n) is 6.67. The second-order valence-electron chi connectivity index (χ2n) is 8.79. The molecule has 0 saturated heterocycles. The van der Waals surface area contributed by atoms with Crippen molar-refractivity contribution in [3.05, 3.63) is 88.6 Å². The van der Waals surface area contributed by atoms with E-state index in [0.29, 0.717) is 40.4 Å². The molecule has 184 valence electrons. The minimum absolute atomic E-state index is 0.0560. The summed E-state index contributed by atoms with van der Waals surface area (Å²) in [6.07, 6.45) is 1.99. The molecule has 2 N–H and O–H groups in total. The summed E-state index contributed by atoms with van der Waals surface area (Å²) in [5.41, 5.74) is 5.11. The second kappa shape index (κ2) is 9.77. The van der Waals surface area contributed by atoms with Crippen LogP contribution in [0.3, 0.4) is 0 Å².